The van der Waals surface area contributed by atoms with Crippen LogP contribution < -0.4 is 0 Å². The Labute approximate surface area is 63.1 Å². The first kappa shape index (κ1) is 7.02. The zero-order chi connectivity index (χ0) is 7.07. The Hall–Kier alpha value is -1.09. The number of aromatic nitrogens is 1. The molecule has 0 unspecified atom stereocenters. The summed E-state index contributed by atoms with van der Waals surface area (Å²) in [6, 6.07) is 3.67. The molecule has 0 bridgehead atoms. The molecule has 2 rings (SSSR count). The lowest BCUT2D eigenvalue weighted by atomic mass is 10.7. The molecule has 0 aliphatic heterocycles. The van der Waals surface area contributed by atoms with Gasteiger partial charge in [0.05, 0.1) is 18.0 Å². The summed E-state index contributed by atoms with van der Waals surface area (Å²) in [4.78, 5) is 3.74. The maximum atomic E-state index is 4.58. The van der Waals surface area contributed by atoms with E-state index in [1.54, 1.807) is 35.6 Å². The van der Waals surface area contributed by atoms with E-state index in [1.165, 1.54) is 0 Å². The Morgan fingerprint density at radius 1 is 1.20 bits per heavy atom. The summed E-state index contributed by atoms with van der Waals surface area (Å²) in [5.41, 5.74) is 1.79. The highest BCUT2D eigenvalue weighted by molar-refractivity contribution is 7.07. The largest absolute Gasteiger partial charge is 0.473 e. The van der Waals surface area contributed by atoms with Crippen molar-refractivity contribution in [3.63, 3.8) is 0 Å². The summed E-state index contributed by atoms with van der Waals surface area (Å²) in [6.07, 6.45) is 5.02. The predicted octanol–water partition coefficient (Wildman–Crippen LogP) is 2.42. The van der Waals surface area contributed by atoms with Crippen LogP contribution >= 0.6 is 11.3 Å². The van der Waals surface area contributed by atoms with Crippen LogP contribution in [0.5, 0.6) is 0 Å². The molecule has 2 aromatic rings. The molecule has 10 heavy (non-hydrogen) atoms. The second-order valence-corrected chi connectivity index (χ2v) is 2.22. The van der Waals surface area contributed by atoms with E-state index in [4.69, 9.17) is 0 Å². The minimum absolute atomic E-state index is 1.60. The lowest BCUT2D eigenvalue weighted by Gasteiger charge is -1.50. The summed E-state index contributed by atoms with van der Waals surface area (Å²) in [6.45, 7) is 0. The molecule has 2 heterocycles. The van der Waals surface area contributed by atoms with Gasteiger partial charge in [0.25, 0.3) is 0 Å². The van der Waals surface area contributed by atoms with Gasteiger partial charge in [0.1, 0.15) is 0 Å². The highest BCUT2D eigenvalue weighted by Gasteiger charge is 1.59. The van der Waals surface area contributed by atoms with E-state index in [0.29, 0.717) is 0 Å². The minimum Gasteiger partial charge on any atom is -0.473 e. The van der Waals surface area contributed by atoms with Crippen LogP contribution in [0.2, 0.25) is 0 Å². The maximum absolute atomic E-state index is 4.58. The third-order valence-corrected chi connectivity index (χ3v) is 1.29. The average Bonchev–Trinajstić information content (AvgIpc) is 2.67. The molecule has 0 aromatic carbocycles. The van der Waals surface area contributed by atoms with Crippen LogP contribution in [0, 0.1) is 0 Å². The van der Waals surface area contributed by atoms with E-state index in [0.717, 1.165) is 0 Å². The lowest BCUT2D eigenvalue weighted by Crippen LogP contribution is -1.38. The van der Waals surface area contributed by atoms with Crippen molar-refractivity contribution in [3.8, 4) is 0 Å². The summed E-state index contributed by atoms with van der Waals surface area (Å²) in [5, 5.41) is 1.93. The van der Waals surface area contributed by atoms with Crippen LogP contribution in [0.3, 0.4) is 0 Å². The van der Waals surface area contributed by atoms with Crippen LogP contribution in [0.1, 0.15) is 0 Å². The smallest absolute Gasteiger partial charge is 0.0902 e. The van der Waals surface area contributed by atoms with Crippen molar-refractivity contribution in [2.45, 2.75) is 0 Å². The van der Waals surface area contributed by atoms with Gasteiger partial charge >= 0.3 is 0 Å². The van der Waals surface area contributed by atoms with Crippen molar-refractivity contribution in [1.29, 1.82) is 0 Å². The Bertz CT molecular complexity index is 153. The van der Waals surface area contributed by atoms with Crippen LogP contribution in [-0.4, -0.2) is 4.98 Å². The van der Waals surface area contributed by atoms with Crippen LogP contribution in [-0.2, 0) is 0 Å². The zero-order valence-corrected chi connectivity index (χ0v) is 6.12. The molecular weight excluding hydrogens is 146 g/mol. The van der Waals surface area contributed by atoms with Gasteiger partial charge in [0.15, 0.2) is 0 Å². The van der Waals surface area contributed by atoms with Gasteiger partial charge in [-0.15, -0.1) is 11.3 Å². The second-order valence-electron chi connectivity index (χ2n) is 1.47. The van der Waals surface area contributed by atoms with Gasteiger partial charge < -0.3 is 4.42 Å². The average molecular weight is 153 g/mol. The standard InChI is InChI=1S/C4H4O.C3H3NS/c1-2-4-5-3-1;1-2-5-3-4-1/h1-4H;1-3H. The fourth-order valence-corrected chi connectivity index (χ4v) is 0.754. The van der Waals surface area contributed by atoms with Gasteiger partial charge in [-0.05, 0) is 12.1 Å². The second kappa shape index (κ2) is 4.76. The molecule has 0 atom stereocenters. The Balaban J connectivity index is 0.0000001000. The van der Waals surface area contributed by atoms with E-state index in [9.17, 15) is 0 Å². The van der Waals surface area contributed by atoms with Crippen molar-refractivity contribution >= 4 is 11.3 Å². The molecular formula is C7H7NOS. The summed E-state index contributed by atoms with van der Waals surface area (Å²) in [7, 11) is 0. The quantitative estimate of drug-likeness (QED) is 0.581. The first-order valence-corrected chi connectivity index (χ1v) is 3.74. The molecule has 0 aliphatic rings. The molecule has 2 aromatic heterocycles. The fraction of sp³-hybridized carbons (Fsp3) is 0. The predicted molar refractivity (Wildman–Crippen MR) is 40.8 cm³/mol. The van der Waals surface area contributed by atoms with Crippen molar-refractivity contribution in [2.75, 3.05) is 0 Å². The van der Waals surface area contributed by atoms with E-state index in [1.807, 2.05) is 17.5 Å². The zero-order valence-electron chi connectivity index (χ0n) is 5.31. The summed E-state index contributed by atoms with van der Waals surface area (Å²) >= 11 is 1.60. The molecule has 0 N–H and O–H groups in total. The van der Waals surface area contributed by atoms with Gasteiger partial charge in [0.2, 0.25) is 0 Å². The maximum Gasteiger partial charge on any atom is 0.0902 e. The number of rotatable bonds is 0. The number of hydrogen-bond donors (Lipinski definition) is 0. The molecule has 52 valence electrons. The molecule has 0 radical (unpaired) electrons. The third-order valence-electron chi connectivity index (χ3n) is 0.773. The number of furan rings is 1. The first-order valence-electron chi connectivity index (χ1n) is 2.79. The molecule has 0 saturated carbocycles. The SMILES string of the molecule is c1ccoc1.c1cscn1. The van der Waals surface area contributed by atoms with Crippen molar-refractivity contribution in [2.24, 2.45) is 0 Å². The van der Waals surface area contributed by atoms with Crippen LogP contribution in [0.4, 0.5) is 0 Å². The van der Waals surface area contributed by atoms with Crippen LogP contribution in [0.15, 0.2) is 46.2 Å². The first-order chi connectivity index (χ1) is 5.00. The van der Waals surface area contributed by atoms with Gasteiger partial charge in [-0.3, -0.25) is 4.98 Å². The van der Waals surface area contributed by atoms with Crippen molar-refractivity contribution < 1.29 is 4.42 Å². The van der Waals surface area contributed by atoms with Crippen molar-refractivity contribution in [3.05, 3.63) is 41.7 Å². The van der Waals surface area contributed by atoms with Gasteiger partial charge in [-0.1, -0.05) is 0 Å². The molecule has 3 heteroatoms. The van der Waals surface area contributed by atoms with E-state index >= 15 is 0 Å². The summed E-state index contributed by atoms with van der Waals surface area (Å²) < 4.78 is 4.58. The highest BCUT2D eigenvalue weighted by Crippen LogP contribution is 1.85. The Morgan fingerprint density at radius 2 is 2.00 bits per heavy atom. The molecule has 2 nitrogen and oxygen atoms in total. The van der Waals surface area contributed by atoms with Gasteiger partial charge in [-0.2, -0.15) is 0 Å². The Kier molecular flexibility index (Phi) is 3.34. The van der Waals surface area contributed by atoms with E-state index in [-0.39, 0.29) is 0 Å². The molecule has 0 spiro atoms. The highest BCUT2D eigenvalue weighted by atomic mass is 32.1. The number of thiazole rings is 1. The summed E-state index contributed by atoms with van der Waals surface area (Å²) in [5.74, 6) is 0. The van der Waals surface area contributed by atoms with Gasteiger partial charge in [0, 0.05) is 11.6 Å². The molecule has 0 saturated heterocycles. The minimum atomic E-state index is 1.60. The van der Waals surface area contributed by atoms with E-state index in [2.05, 4.69) is 9.40 Å². The number of nitrogens with zero attached hydrogens (tertiary/aromatic N) is 1. The van der Waals surface area contributed by atoms with Crippen molar-refractivity contribution in [1.82, 2.24) is 4.98 Å². The Morgan fingerprint density at radius 3 is 2.20 bits per heavy atom. The van der Waals surface area contributed by atoms with Gasteiger partial charge in [-0.25, -0.2) is 0 Å². The lowest BCUT2D eigenvalue weighted by molar-refractivity contribution is 0.567. The van der Waals surface area contributed by atoms with E-state index < -0.39 is 0 Å². The molecule has 0 aliphatic carbocycles. The molecule has 0 fully saturated rings. The third kappa shape index (κ3) is 3.04. The topological polar surface area (TPSA) is 26.0 Å². The monoisotopic (exact) mass is 153 g/mol. The fourth-order valence-electron chi connectivity index (χ4n) is 0.402. The number of hydrogen-bond acceptors (Lipinski definition) is 3. The van der Waals surface area contributed by atoms with Crippen LogP contribution in [0.25, 0.3) is 0 Å². The molecule has 0 amide bonds. The normalized spacial score (nSPS) is 8.00.